The highest BCUT2D eigenvalue weighted by Crippen LogP contribution is 2.27. The van der Waals surface area contributed by atoms with E-state index in [0.29, 0.717) is 4.47 Å². The number of amidine groups is 1. The molecule has 0 aliphatic heterocycles. The molecular weight excluding hydrogens is 374 g/mol. The molecule has 1 heterocycles. The van der Waals surface area contributed by atoms with Crippen LogP contribution in [0.4, 0.5) is 20.3 Å². The molecule has 0 saturated carbocycles. The molecule has 0 aliphatic rings. The van der Waals surface area contributed by atoms with E-state index in [1.54, 1.807) is 6.07 Å². The molecule has 0 aliphatic carbocycles. The van der Waals surface area contributed by atoms with Crippen LogP contribution in [0.1, 0.15) is 5.56 Å². The summed E-state index contributed by atoms with van der Waals surface area (Å²) in [5, 5.41) is 8.99. The lowest BCUT2D eigenvalue weighted by Gasteiger charge is -2.12. The zero-order valence-electron chi connectivity index (χ0n) is 11.8. The third kappa shape index (κ3) is 3.59. The predicted octanol–water partition coefficient (Wildman–Crippen LogP) is 3.52. The Morgan fingerprint density at radius 2 is 2.13 bits per heavy atom. The second kappa shape index (κ2) is 7.09. The summed E-state index contributed by atoms with van der Waals surface area (Å²) in [6.07, 6.45) is 1.46. The zero-order chi connectivity index (χ0) is 17.0. The van der Waals surface area contributed by atoms with Crippen molar-refractivity contribution in [1.82, 2.24) is 4.98 Å². The number of nitrogen functional groups attached to an aromatic ring is 1. The van der Waals surface area contributed by atoms with Gasteiger partial charge in [0.15, 0.2) is 17.4 Å². The van der Waals surface area contributed by atoms with Crippen LogP contribution in [0.2, 0.25) is 0 Å². The topological polar surface area (TPSA) is 109 Å². The molecule has 0 radical (unpaired) electrons. The quantitative estimate of drug-likeness (QED) is 0.324. The number of rotatable bonds is 4. The minimum atomic E-state index is -1.16. The van der Waals surface area contributed by atoms with Gasteiger partial charge in [0.25, 0.3) is 0 Å². The van der Waals surface area contributed by atoms with Crippen LogP contribution in [0.5, 0.6) is 5.75 Å². The van der Waals surface area contributed by atoms with E-state index >= 15 is 0 Å². The van der Waals surface area contributed by atoms with Gasteiger partial charge in [0.2, 0.25) is 5.82 Å². The fraction of sp³-hybridized carbons (Fsp3) is 0.0769. The van der Waals surface area contributed by atoms with Crippen LogP contribution in [0.15, 0.2) is 39.2 Å². The summed E-state index contributed by atoms with van der Waals surface area (Å²) < 4.78 is 33.1. The Kier molecular flexibility index (Phi) is 5.16. The van der Waals surface area contributed by atoms with Gasteiger partial charge in [-0.2, -0.15) is 9.92 Å². The summed E-state index contributed by atoms with van der Waals surface area (Å²) in [5.41, 5.74) is 12.7. The number of methoxy groups -OCH3 is 1. The highest BCUT2D eigenvalue weighted by molar-refractivity contribution is 9.10. The van der Waals surface area contributed by atoms with Crippen molar-refractivity contribution >= 4 is 33.3 Å². The fourth-order valence-electron chi connectivity index (χ4n) is 1.75. The van der Waals surface area contributed by atoms with E-state index in [2.05, 4.69) is 36.6 Å². The number of pyridine rings is 1. The van der Waals surface area contributed by atoms with Gasteiger partial charge in [0.1, 0.15) is 5.82 Å². The maximum Gasteiger partial charge on any atom is 0.202 e. The molecule has 7 nitrogen and oxygen atoms in total. The molecule has 1 aromatic carbocycles. The van der Waals surface area contributed by atoms with Crippen molar-refractivity contribution in [2.45, 2.75) is 0 Å². The zero-order valence-corrected chi connectivity index (χ0v) is 13.4. The van der Waals surface area contributed by atoms with Crippen LogP contribution in [0.25, 0.3) is 0 Å². The number of anilines is 2. The van der Waals surface area contributed by atoms with Crippen molar-refractivity contribution in [2.24, 2.45) is 10.3 Å². The molecule has 0 atom stereocenters. The molecule has 0 saturated heterocycles. The normalized spacial score (nSPS) is 11.2. The minimum Gasteiger partial charge on any atom is -0.494 e. The van der Waals surface area contributed by atoms with Gasteiger partial charge in [-0.05, 0) is 34.1 Å². The Bertz CT molecular complexity index is 783. The molecule has 23 heavy (non-hydrogen) atoms. The molecule has 2 aromatic rings. The van der Waals surface area contributed by atoms with Crippen molar-refractivity contribution in [1.29, 1.82) is 5.53 Å². The monoisotopic (exact) mass is 384 g/mol. The van der Waals surface area contributed by atoms with Crippen LogP contribution >= 0.6 is 15.9 Å². The molecule has 0 amide bonds. The van der Waals surface area contributed by atoms with Gasteiger partial charge in [0, 0.05) is 10.7 Å². The molecule has 2 rings (SSSR count). The molecular formula is C13H11BrF2N6O. The number of hydrogen-bond donors (Lipinski definition) is 3. The van der Waals surface area contributed by atoms with Crippen LogP contribution in [0.3, 0.4) is 0 Å². The summed E-state index contributed by atoms with van der Waals surface area (Å²) >= 11 is 3.22. The van der Waals surface area contributed by atoms with E-state index in [1.165, 1.54) is 25.4 Å². The largest absolute Gasteiger partial charge is 0.494 e. The first-order valence-electron chi connectivity index (χ1n) is 6.12. The lowest BCUT2D eigenvalue weighted by atomic mass is 10.2. The number of halogens is 3. The van der Waals surface area contributed by atoms with Crippen molar-refractivity contribution in [3.8, 4) is 5.75 Å². The van der Waals surface area contributed by atoms with E-state index in [0.717, 1.165) is 0 Å². The number of benzene rings is 1. The molecule has 0 fully saturated rings. The van der Waals surface area contributed by atoms with Gasteiger partial charge in [-0.1, -0.05) is 5.22 Å². The van der Waals surface area contributed by atoms with Crippen LogP contribution in [0, 0.1) is 17.2 Å². The maximum absolute atomic E-state index is 14.0. The van der Waals surface area contributed by atoms with Gasteiger partial charge in [-0.25, -0.2) is 9.37 Å². The van der Waals surface area contributed by atoms with E-state index in [-0.39, 0.29) is 28.7 Å². The van der Waals surface area contributed by atoms with Crippen molar-refractivity contribution in [3.63, 3.8) is 0 Å². The highest BCUT2D eigenvalue weighted by atomic mass is 79.9. The van der Waals surface area contributed by atoms with E-state index in [1.807, 2.05) is 0 Å². The molecule has 0 spiro atoms. The first kappa shape index (κ1) is 16.7. The average Bonchev–Trinajstić information content (AvgIpc) is 2.54. The lowest BCUT2D eigenvalue weighted by Crippen LogP contribution is -2.17. The Labute approximate surface area is 138 Å². The molecule has 4 N–H and O–H groups in total. The predicted molar refractivity (Wildman–Crippen MR) is 84.6 cm³/mol. The summed E-state index contributed by atoms with van der Waals surface area (Å²) in [7, 11) is 1.23. The molecule has 0 bridgehead atoms. The SMILES string of the molecule is COc1ccc(N/C(=N\N=N)c2cc(Br)cnc2N)c(F)c1F. The number of aromatic nitrogens is 1. The van der Waals surface area contributed by atoms with Crippen molar-refractivity contribution in [3.05, 3.63) is 46.1 Å². The van der Waals surface area contributed by atoms with E-state index < -0.39 is 11.6 Å². The summed E-state index contributed by atoms with van der Waals surface area (Å²) in [6, 6.07) is 4.06. The maximum atomic E-state index is 14.0. The van der Waals surface area contributed by atoms with Gasteiger partial charge in [0.05, 0.1) is 18.4 Å². The highest BCUT2D eigenvalue weighted by Gasteiger charge is 2.17. The Morgan fingerprint density at radius 3 is 2.78 bits per heavy atom. The first-order valence-corrected chi connectivity index (χ1v) is 6.92. The Hall–Kier alpha value is -2.62. The number of hydrogen-bond acceptors (Lipinski definition) is 5. The third-order valence-corrected chi connectivity index (χ3v) is 3.24. The van der Waals surface area contributed by atoms with Gasteiger partial charge < -0.3 is 15.8 Å². The number of nitrogens with one attached hydrogen (secondary N) is 2. The van der Waals surface area contributed by atoms with Gasteiger partial charge >= 0.3 is 0 Å². The van der Waals surface area contributed by atoms with Crippen molar-refractivity contribution in [2.75, 3.05) is 18.2 Å². The number of nitrogens with zero attached hydrogens (tertiary/aromatic N) is 3. The number of nitrogens with two attached hydrogens (primary N) is 1. The number of ether oxygens (including phenoxy) is 1. The smallest absolute Gasteiger partial charge is 0.202 e. The molecule has 0 unspecified atom stereocenters. The third-order valence-electron chi connectivity index (χ3n) is 2.81. The summed E-state index contributed by atoms with van der Waals surface area (Å²) in [6.45, 7) is 0. The Balaban J connectivity index is 2.46. The molecule has 1 aromatic heterocycles. The Morgan fingerprint density at radius 1 is 1.39 bits per heavy atom. The van der Waals surface area contributed by atoms with E-state index in [4.69, 9.17) is 16.0 Å². The summed E-state index contributed by atoms with van der Waals surface area (Å²) in [4.78, 5) is 3.91. The fourth-order valence-corrected chi connectivity index (χ4v) is 2.08. The standard InChI is InChI=1S/C13H11BrF2N6O/c1-23-9-3-2-8(10(15)11(9)16)20-13(21-22-18)7-4-6(14)5-19-12(7)17/h2-5H,1H3,(H2,17,19)(H2,18,20,21). The van der Waals surface area contributed by atoms with Crippen LogP contribution in [-0.4, -0.2) is 17.9 Å². The van der Waals surface area contributed by atoms with Crippen LogP contribution < -0.4 is 15.8 Å². The van der Waals surface area contributed by atoms with Gasteiger partial charge in [-0.3, -0.25) is 0 Å². The van der Waals surface area contributed by atoms with Crippen LogP contribution in [-0.2, 0) is 0 Å². The minimum absolute atomic E-state index is 0.0604. The van der Waals surface area contributed by atoms with Crippen molar-refractivity contribution < 1.29 is 13.5 Å². The second-order valence-corrected chi connectivity index (χ2v) is 5.12. The lowest BCUT2D eigenvalue weighted by molar-refractivity contribution is 0.372. The average molecular weight is 385 g/mol. The molecule has 120 valence electrons. The van der Waals surface area contributed by atoms with Gasteiger partial charge in [-0.15, -0.1) is 5.10 Å². The first-order chi connectivity index (χ1) is 11.0. The summed E-state index contributed by atoms with van der Waals surface area (Å²) in [5.74, 6) is -2.53. The molecule has 10 heteroatoms. The second-order valence-electron chi connectivity index (χ2n) is 4.20. The van der Waals surface area contributed by atoms with E-state index in [9.17, 15) is 8.78 Å².